The van der Waals surface area contributed by atoms with Crippen LogP contribution in [-0.4, -0.2) is 81.1 Å². The third kappa shape index (κ3) is 3.20. The number of carbonyl (C=O) groups is 5. The number of Topliss-reactive ketones (excluding diaryl/α,β-unsaturated/α-hetero) is 4. The van der Waals surface area contributed by atoms with E-state index in [-0.39, 0.29) is 16.7 Å². The Balaban J connectivity index is 1.69. The SMILES string of the molecule is C[C@@H]1c2ccc(C3(C)CCCC3)c(O)c2C(=O)C2C(=O)[C@@]3(O)C(=O)C(C(N)=O)C(=O)[C@H](N(C)C)[C@H]3[C@H](O)[C@H]21. The third-order valence-electron chi connectivity index (χ3n) is 9.85. The summed E-state index contributed by atoms with van der Waals surface area (Å²) in [6.07, 6.45) is 2.00. The van der Waals surface area contributed by atoms with E-state index in [2.05, 4.69) is 0 Å². The zero-order valence-corrected chi connectivity index (χ0v) is 21.9. The molecule has 0 radical (unpaired) electrons. The van der Waals surface area contributed by atoms with Gasteiger partial charge in [-0.3, -0.25) is 28.9 Å². The molecule has 8 atom stereocenters. The monoisotopic (exact) mass is 526 g/mol. The van der Waals surface area contributed by atoms with Crippen LogP contribution in [0.25, 0.3) is 0 Å². The molecule has 2 unspecified atom stereocenters. The molecule has 0 saturated heterocycles. The van der Waals surface area contributed by atoms with Crippen molar-refractivity contribution in [3.05, 3.63) is 28.8 Å². The zero-order valence-electron chi connectivity index (χ0n) is 21.9. The van der Waals surface area contributed by atoms with Crippen molar-refractivity contribution < 1.29 is 39.3 Å². The van der Waals surface area contributed by atoms with Crippen molar-refractivity contribution in [2.75, 3.05) is 14.1 Å². The summed E-state index contributed by atoms with van der Waals surface area (Å²) >= 11 is 0. The van der Waals surface area contributed by atoms with Crippen molar-refractivity contribution >= 4 is 29.0 Å². The molecule has 10 heteroatoms. The Kier molecular flexibility index (Phi) is 5.98. The molecule has 0 spiro atoms. The predicted molar refractivity (Wildman–Crippen MR) is 133 cm³/mol. The highest BCUT2D eigenvalue weighted by atomic mass is 16.3. The molecule has 1 amide bonds. The first-order chi connectivity index (χ1) is 17.7. The molecule has 38 heavy (non-hydrogen) atoms. The van der Waals surface area contributed by atoms with Crippen LogP contribution in [0.1, 0.15) is 66.9 Å². The fraction of sp³-hybridized carbons (Fsp3) is 0.607. The number of carbonyl (C=O) groups excluding carboxylic acids is 5. The van der Waals surface area contributed by atoms with Gasteiger partial charge in [-0.05, 0) is 43.8 Å². The van der Waals surface area contributed by atoms with Crippen molar-refractivity contribution in [2.24, 2.45) is 29.4 Å². The molecule has 4 aliphatic carbocycles. The van der Waals surface area contributed by atoms with Crippen molar-refractivity contribution in [2.45, 2.75) is 68.6 Å². The number of hydrogen-bond donors (Lipinski definition) is 4. The lowest BCUT2D eigenvalue weighted by Gasteiger charge is -2.56. The van der Waals surface area contributed by atoms with Gasteiger partial charge in [0.2, 0.25) is 5.91 Å². The van der Waals surface area contributed by atoms with E-state index in [9.17, 15) is 39.3 Å². The molecule has 3 fully saturated rings. The lowest BCUT2D eigenvalue weighted by atomic mass is 9.49. The summed E-state index contributed by atoms with van der Waals surface area (Å²) in [6.45, 7) is 3.73. The Morgan fingerprint density at radius 1 is 1.08 bits per heavy atom. The number of nitrogens with two attached hydrogens (primary N) is 1. The van der Waals surface area contributed by atoms with Crippen molar-refractivity contribution in [1.82, 2.24) is 4.90 Å². The molecular formula is C28H34N2O8. The molecular weight excluding hydrogens is 492 g/mol. The van der Waals surface area contributed by atoms with Crippen LogP contribution in [0.5, 0.6) is 5.75 Å². The maximum absolute atomic E-state index is 14.0. The average Bonchev–Trinajstić information content (AvgIpc) is 3.28. The van der Waals surface area contributed by atoms with Gasteiger partial charge in [0.15, 0.2) is 34.7 Å². The van der Waals surface area contributed by atoms with E-state index in [4.69, 9.17) is 5.73 Å². The standard InChI is InChI=1S/C28H34N2O8/c1-11-12-7-8-13(27(2)9-5-6-10-27)20(31)15(12)21(32)16-14(11)22(33)18-19(30(3)4)23(34)17(26(29)37)25(36)28(18,38)24(16)35/h7-8,11,14,16-19,22,31,33,38H,5-6,9-10H2,1-4H3,(H2,29,37)/t11-,14+,16?,17?,18+,19-,22-,28-/m1/s1. The number of aliphatic hydroxyl groups excluding tert-OH is 1. The van der Waals surface area contributed by atoms with Gasteiger partial charge in [-0.1, -0.05) is 38.8 Å². The third-order valence-corrected chi connectivity index (χ3v) is 9.85. The summed E-state index contributed by atoms with van der Waals surface area (Å²) in [6, 6.07) is 2.16. The molecule has 3 saturated carbocycles. The largest absolute Gasteiger partial charge is 0.507 e. The van der Waals surface area contributed by atoms with Gasteiger partial charge in [-0.15, -0.1) is 0 Å². The molecule has 0 heterocycles. The van der Waals surface area contributed by atoms with Crippen LogP contribution >= 0.6 is 0 Å². The Hall–Kier alpha value is -2.95. The maximum Gasteiger partial charge on any atom is 0.235 e. The van der Waals surface area contributed by atoms with Crippen LogP contribution in [-0.2, 0) is 24.6 Å². The molecule has 1 aromatic rings. The van der Waals surface area contributed by atoms with Gasteiger partial charge in [-0.2, -0.15) is 0 Å². The number of aromatic hydroxyl groups is 1. The maximum atomic E-state index is 14.0. The number of hydrogen-bond acceptors (Lipinski definition) is 9. The summed E-state index contributed by atoms with van der Waals surface area (Å²) in [4.78, 5) is 68.1. The van der Waals surface area contributed by atoms with Crippen molar-refractivity contribution in [3.8, 4) is 5.75 Å². The molecule has 4 aliphatic rings. The number of ketones is 4. The van der Waals surface area contributed by atoms with E-state index in [1.165, 1.54) is 19.0 Å². The summed E-state index contributed by atoms with van der Waals surface area (Å²) in [5.41, 5.74) is 3.04. The number of phenolic OH excluding ortho intramolecular Hbond substituents is 1. The first-order valence-electron chi connectivity index (χ1n) is 13.1. The first kappa shape index (κ1) is 26.6. The van der Waals surface area contributed by atoms with Crippen LogP contribution < -0.4 is 5.73 Å². The number of nitrogens with zero attached hydrogens (tertiary/aromatic N) is 1. The van der Waals surface area contributed by atoms with Gasteiger partial charge in [0.05, 0.1) is 29.5 Å². The molecule has 0 aromatic heterocycles. The minimum Gasteiger partial charge on any atom is -0.507 e. The Morgan fingerprint density at radius 3 is 2.24 bits per heavy atom. The summed E-state index contributed by atoms with van der Waals surface area (Å²) in [5.74, 6) is -12.9. The van der Waals surface area contributed by atoms with Gasteiger partial charge >= 0.3 is 0 Å². The van der Waals surface area contributed by atoms with E-state index in [0.29, 0.717) is 11.1 Å². The normalized spacial score (nSPS) is 38.1. The van der Waals surface area contributed by atoms with E-state index in [0.717, 1.165) is 25.7 Å². The van der Waals surface area contributed by atoms with Crippen LogP contribution in [0.15, 0.2) is 12.1 Å². The summed E-state index contributed by atoms with van der Waals surface area (Å²) in [7, 11) is 2.93. The number of fused-ring (bicyclic) bond motifs is 3. The van der Waals surface area contributed by atoms with Gasteiger partial charge in [-0.25, -0.2) is 0 Å². The van der Waals surface area contributed by atoms with Crippen molar-refractivity contribution in [3.63, 3.8) is 0 Å². The van der Waals surface area contributed by atoms with Crippen LogP contribution in [0.3, 0.4) is 0 Å². The van der Waals surface area contributed by atoms with Crippen LogP contribution in [0, 0.1) is 23.7 Å². The molecule has 5 rings (SSSR count). The second-order valence-electron chi connectivity index (χ2n) is 12.1. The van der Waals surface area contributed by atoms with Crippen LogP contribution in [0.4, 0.5) is 0 Å². The van der Waals surface area contributed by atoms with Gasteiger partial charge in [0, 0.05) is 11.5 Å². The quantitative estimate of drug-likeness (QED) is 0.402. The molecule has 0 bridgehead atoms. The lowest BCUT2D eigenvalue weighted by molar-refractivity contribution is -0.196. The van der Waals surface area contributed by atoms with Crippen molar-refractivity contribution in [1.29, 1.82) is 0 Å². The van der Waals surface area contributed by atoms with Crippen LogP contribution in [0.2, 0.25) is 0 Å². The van der Waals surface area contributed by atoms with E-state index in [1.54, 1.807) is 19.1 Å². The number of aliphatic hydroxyl groups is 2. The molecule has 204 valence electrons. The smallest absolute Gasteiger partial charge is 0.235 e. The minimum absolute atomic E-state index is 0.0399. The summed E-state index contributed by atoms with van der Waals surface area (Å²) in [5, 5.41) is 34.7. The molecule has 1 aromatic carbocycles. The van der Waals surface area contributed by atoms with E-state index >= 15 is 0 Å². The molecule has 10 nitrogen and oxygen atoms in total. The molecule has 5 N–H and O–H groups in total. The Labute approximate surface area is 220 Å². The average molecular weight is 527 g/mol. The number of benzene rings is 1. The minimum atomic E-state index is -2.99. The fourth-order valence-corrected chi connectivity index (χ4v) is 7.90. The second-order valence-corrected chi connectivity index (χ2v) is 12.1. The van der Waals surface area contributed by atoms with E-state index < -0.39 is 76.4 Å². The molecule has 0 aliphatic heterocycles. The van der Waals surface area contributed by atoms with Gasteiger partial charge in [0.25, 0.3) is 0 Å². The highest BCUT2D eigenvalue weighted by Gasteiger charge is 2.73. The number of rotatable bonds is 3. The number of amides is 1. The topological polar surface area (TPSA) is 175 Å². The number of likely N-dealkylation sites (N-methyl/N-ethyl adjacent to an activating group) is 1. The van der Waals surface area contributed by atoms with E-state index in [1.807, 2.05) is 6.92 Å². The number of primary amides is 1. The predicted octanol–water partition coefficient (Wildman–Crippen LogP) is 0.231. The number of phenols is 1. The fourth-order valence-electron chi connectivity index (χ4n) is 7.90. The summed E-state index contributed by atoms with van der Waals surface area (Å²) < 4.78 is 0. The van der Waals surface area contributed by atoms with Gasteiger partial charge in [0.1, 0.15) is 5.75 Å². The highest BCUT2D eigenvalue weighted by Crippen LogP contribution is 2.56. The highest BCUT2D eigenvalue weighted by molar-refractivity contribution is 6.32. The first-order valence-corrected chi connectivity index (χ1v) is 13.1. The Bertz CT molecular complexity index is 1280. The second kappa shape index (κ2) is 8.53. The lowest BCUT2D eigenvalue weighted by Crippen LogP contribution is -2.77. The van der Waals surface area contributed by atoms with Gasteiger partial charge < -0.3 is 21.1 Å². The zero-order chi connectivity index (χ0) is 28.1. The Morgan fingerprint density at radius 2 is 1.68 bits per heavy atom.